The number of aromatic nitrogens is 1. The molecule has 1 aliphatic heterocycles. The van der Waals surface area contributed by atoms with Gasteiger partial charge in [-0.15, -0.1) is 0 Å². The standard InChI is InChI=1S/C22H30N6O/c1-24-22(26-13-9-17-6-3-2-4-7-17)27-16-19-8-5-12-25-21(19)28-14-10-18(11-15-28)20(23)29/h2-8,12,18H,9-11,13-16H2,1H3,(H2,23,29)(H2,24,26,27). The van der Waals surface area contributed by atoms with Crippen molar-refractivity contribution in [1.29, 1.82) is 0 Å². The van der Waals surface area contributed by atoms with Gasteiger partial charge in [0, 0.05) is 50.9 Å². The molecule has 1 amide bonds. The van der Waals surface area contributed by atoms with Crippen molar-refractivity contribution in [2.24, 2.45) is 16.6 Å². The summed E-state index contributed by atoms with van der Waals surface area (Å²) in [6.07, 6.45) is 4.31. The normalized spacial score (nSPS) is 15.2. The van der Waals surface area contributed by atoms with Crippen LogP contribution in [0.1, 0.15) is 24.0 Å². The van der Waals surface area contributed by atoms with Crippen molar-refractivity contribution in [3.8, 4) is 0 Å². The minimum Gasteiger partial charge on any atom is -0.369 e. The second-order valence-corrected chi connectivity index (χ2v) is 7.24. The van der Waals surface area contributed by atoms with Gasteiger partial charge in [-0.05, 0) is 30.9 Å². The Balaban J connectivity index is 1.53. The van der Waals surface area contributed by atoms with Crippen LogP contribution in [-0.4, -0.2) is 43.5 Å². The van der Waals surface area contributed by atoms with E-state index in [0.29, 0.717) is 6.54 Å². The van der Waals surface area contributed by atoms with Crippen molar-refractivity contribution in [3.05, 3.63) is 59.8 Å². The summed E-state index contributed by atoms with van der Waals surface area (Å²) >= 11 is 0. The van der Waals surface area contributed by atoms with Crippen LogP contribution in [0.2, 0.25) is 0 Å². The van der Waals surface area contributed by atoms with E-state index in [1.165, 1.54) is 5.56 Å². The number of amides is 1. The van der Waals surface area contributed by atoms with Gasteiger partial charge in [0.15, 0.2) is 5.96 Å². The Bertz CT molecular complexity index is 815. The fraction of sp³-hybridized carbons (Fsp3) is 0.409. The number of carbonyl (C=O) groups excluding carboxylic acids is 1. The third kappa shape index (κ3) is 5.94. The van der Waals surface area contributed by atoms with Gasteiger partial charge in [-0.3, -0.25) is 9.79 Å². The minimum absolute atomic E-state index is 0.0239. The number of rotatable bonds is 7. The van der Waals surface area contributed by atoms with E-state index in [2.05, 4.69) is 55.8 Å². The number of carbonyl (C=O) groups is 1. The van der Waals surface area contributed by atoms with Crippen LogP contribution in [-0.2, 0) is 17.8 Å². The van der Waals surface area contributed by atoms with Gasteiger partial charge < -0.3 is 21.3 Å². The molecule has 1 aromatic carbocycles. The van der Waals surface area contributed by atoms with Crippen molar-refractivity contribution in [1.82, 2.24) is 15.6 Å². The first-order valence-corrected chi connectivity index (χ1v) is 10.1. The number of nitrogens with one attached hydrogen (secondary N) is 2. The first kappa shape index (κ1) is 20.6. The van der Waals surface area contributed by atoms with E-state index in [1.54, 1.807) is 7.05 Å². The Hall–Kier alpha value is -3.09. The van der Waals surface area contributed by atoms with Gasteiger partial charge in [-0.25, -0.2) is 4.98 Å². The van der Waals surface area contributed by atoms with Crippen molar-refractivity contribution >= 4 is 17.7 Å². The van der Waals surface area contributed by atoms with Gasteiger partial charge in [-0.2, -0.15) is 0 Å². The minimum atomic E-state index is -0.196. The smallest absolute Gasteiger partial charge is 0.220 e. The zero-order chi connectivity index (χ0) is 20.5. The maximum atomic E-state index is 11.4. The molecule has 7 heteroatoms. The topological polar surface area (TPSA) is 95.6 Å². The number of benzene rings is 1. The summed E-state index contributed by atoms with van der Waals surface area (Å²) in [5.41, 5.74) is 7.85. The number of anilines is 1. The van der Waals surface area contributed by atoms with Crippen molar-refractivity contribution in [2.75, 3.05) is 31.6 Å². The molecule has 1 saturated heterocycles. The summed E-state index contributed by atoms with van der Waals surface area (Å²) < 4.78 is 0. The number of nitrogens with two attached hydrogens (primary N) is 1. The molecule has 0 unspecified atom stereocenters. The number of hydrogen-bond acceptors (Lipinski definition) is 4. The number of hydrogen-bond donors (Lipinski definition) is 3. The lowest BCUT2D eigenvalue weighted by Crippen LogP contribution is -2.40. The van der Waals surface area contributed by atoms with Crippen LogP contribution < -0.4 is 21.3 Å². The van der Waals surface area contributed by atoms with E-state index < -0.39 is 0 Å². The van der Waals surface area contributed by atoms with E-state index in [-0.39, 0.29) is 11.8 Å². The third-order valence-corrected chi connectivity index (χ3v) is 5.28. The molecule has 2 aromatic rings. The highest BCUT2D eigenvalue weighted by Gasteiger charge is 2.24. The number of aliphatic imine (C=N–C) groups is 1. The van der Waals surface area contributed by atoms with Crippen LogP contribution in [0.25, 0.3) is 0 Å². The molecule has 7 nitrogen and oxygen atoms in total. The van der Waals surface area contributed by atoms with Gasteiger partial charge in [0.1, 0.15) is 5.82 Å². The Morgan fingerprint density at radius 1 is 1.17 bits per heavy atom. The summed E-state index contributed by atoms with van der Waals surface area (Å²) in [6, 6.07) is 14.4. The first-order chi connectivity index (χ1) is 14.2. The average Bonchev–Trinajstić information content (AvgIpc) is 2.77. The maximum Gasteiger partial charge on any atom is 0.220 e. The second kappa shape index (κ2) is 10.5. The van der Waals surface area contributed by atoms with Crippen LogP contribution >= 0.6 is 0 Å². The zero-order valence-electron chi connectivity index (χ0n) is 17.0. The van der Waals surface area contributed by atoms with E-state index in [1.807, 2.05) is 18.3 Å². The molecule has 0 atom stereocenters. The van der Waals surface area contributed by atoms with Crippen LogP contribution in [0.3, 0.4) is 0 Å². The molecule has 1 fully saturated rings. The molecular weight excluding hydrogens is 364 g/mol. The molecule has 1 aromatic heterocycles. The van der Waals surface area contributed by atoms with Crippen LogP contribution in [0, 0.1) is 5.92 Å². The molecule has 1 aliphatic rings. The quantitative estimate of drug-likeness (QED) is 0.491. The largest absolute Gasteiger partial charge is 0.369 e. The highest BCUT2D eigenvalue weighted by atomic mass is 16.1. The molecule has 0 saturated carbocycles. The monoisotopic (exact) mass is 394 g/mol. The average molecular weight is 395 g/mol. The van der Waals surface area contributed by atoms with Gasteiger partial charge in [0.05, 0.1) is 0 Å². The van der Waals surface area contributed by atoms with Crippen molar-refractivity contribution in [3.63, 3.8) is 0 Å². The molecule has 2 heterocycles. The van der Waals surface area contributed by atoms with E-state index in [0.717, 1.165) is 56.2 Å². The maximum absolute atomic E-state index is 11.4. The molecule has 154 valence electrons. The summed E-state index contributed by atoms with van der Waals surface area (Å²) in [5, 5.41) is 6.74. The summed E-state index contributed by atoms with van der Waals surface area (Å²) in [7, 11) is 1.77. The van der Waals surface area contributed by atoms with Gasteiger partial charge in [0.2, 0.25) is 5.91 Å². The first-order valence-electron chi connectivity index (χ1n) is 10.1. The van der Waals surface area contributed by atoms with Gasteiger partial charge in [-0.1, -0.05) is 36.4 Å². The SMILES string of the molecule is CN=C(NCCc1ccccc1)NCc1cccnc1N1CCC(C(N)=O)CC1. The second-order valence-electron chi connectivity index (χ2n) is 7.24. The fourth-order valence-electron chi connectivity index (χ4n) is 3.60. The number of primary amides is 1. The lowest BCUT2D eigenvalue weighted by atomic mass is 9.96. The Morgan fingerprint density at radius 3 is 2.62 bits per heavy atom. The van der Waals surface area contributed by atoms with E-state index in [4.69, 9.17) is 5.73 Å². The highest BCUT2D eigenvalue weighted by Crippen LogP contribution is 2.24. The lowest BCUT2D eigenvalue weighted by Gasteiger charge is -2.32. The number of nitrogens with zero attached hydrogens (tertiary/aromatic N) is 3. The summed E-state index contributed by atoms with van der Waals surface area (Å²) in [4.78, 5) is 22.6. The van der Waals surface area contributed by atoms with E-state index in [9.17, 15) is 4.79 Å². The molecule has 4 N–H and O–H groups in total. The molecule has 0 aliphatic carbocycles. The van der Waals surface area contributed by atoms with Crippen LogP contribution in [0.5, 0.6) is 0 Å². The number of pyridine rings is 1. The summed E-state index contributed by atoms with van der Waals surface area (Å²) in [6.45, 7) is 3.03. The van der Waals surface area contributed by atoms with Crippen LogP contribution in [0.4, 0.5) is 5.82 Å². The molecular formula is C22H30N6O. The summed E-state index contributed by atoms with van der Waals surface area (Å²) in [5.74, 6) is 1.51. The Kier molecular flexibility index (Phi) is 7.44. The van der Waals surface area contributed by atoms with Gasteiger partial charge >= 0.3 is 0 Å². The molecule has 29 heavy (non-hydrogen) atoms. The number of piperidine rings is 1. The predicted octanol–water partition coefficient (Wildman–Crippen LogP) is 1.69. The predicted molar refractivity (Wildman–Crippen MR) is 117 cm³/mol. The van der Waals surface area contributed by atoms with Crippen molar-refractivity contribution < 1.29 is 4.79 Å². The van der Waals surface area contributed by atoms with Crippen LogP contribution in [0.15, 0.2) is 53.7 Å². The zero-order valence-corrected chi connectivity index (χ0v) is 17.0. The third-order valence-electron chi connectivity index (χ3n) is 5.28. The van der Waals surface area contributed by atoms with Gasteiger partial charge in [0.25, 0.3) is 0 Å². The molecule has 3 rings (SSSR count). The van der Waals surface area contributed by atoms with Crippen molar-refractivity contribution in [2.45, 2.75) is 25.8 Å². The van der Waals surface area contributed by atoms with E-state index >= 15 is 0 Å². The molecule has 0 bridgehead atoms. The molecule has 0 spiro atoms. The fourth-order valence-corrected chi connectivity index (χ4v) is 3.60. The molecule has 0 radical (unpaired) electrons. The number of guanidine groups is 1. The lowest BCUT2D eigenvalue weighted by molar-refractivity contribution is -0.122. The Morgan fingerprint density at radius 2 is 1.93 bits per heavy atom. The Labute approximate surface area is 172 Å². The highest BCUT2D eigenvalue weighted by molar-refractivity contribution is 5.79.